The first-order chi connectivity index (χ1) is 15.1. The Morgan fingerprint density at radius 3 is 2.47 bits per heavy atom. The molecule has 10 heteroatoms. The van der Waals surface area contributed by atoms with Crippen LogP contribution in [-0.4, -0.2) is 38.3 Å². The van der Waals surface area contributed by atoms with Crippen molar-refractivity contribution in [3.8, 4) is 17.2 Å². The summed E-state index contributed by atoms with van der Waals surface area (Å²) in [5, 5.41) is 10.3. The molecule has 0 radical (unpaired) electrons. The maximum Gasteiger partial charge on any atom is 0.453 e. The molecule has 3 aromatic rings. The minimum Gasteiger partial charge on any atom is -0.507 e. The van der Waals surface area contributed by atoms with Gasteiger partial charge in [0, 0.05) is 0 Å². The number of aromatic hydroxyl groups is 1. The summed E-state index contributed by atoms with van der Waals surface area (Å²) in [5.74, 6) is -2.88. The second-order valence-corrected chi connectivity index (χ2v) is 8.35. The summed E-state index contributed by atoms with van der Waals surface area (Å²) in [6.45, 7) is 3.60. The molecular formula is C22H22ClF3N2O4+2. The fraction of sp³-hybridized carbons (Fsp3) is 0.318. The lowest BCUT2D eigenvalue weighted by molar-refractivity contribution is -1.01. The molecule has 6 nitrogen and oxygen atoms in total. The van der Waals surface area contributed by atoms with E-state index in [0.717, 1.165) is 31.1 Å². The first kappa shape index (κ1) is 22.4. The molecule has 170 valence electrons. The number of phenolic OH excluding ortho intramolecular Hbond substituents is 1. The third-order valence-corrected chi connectivity index (χ3v) is 5.95. The van der Waals surface area contributed by atoms with E-state index in [0.29, 0.717) is 0 Å². The molecule has 0 atom stereocenters. The number of rotatable bonds is 4. The molecule has 1 saturated heterocycles. The van der Waals surface area contributed by atoms with E-state index in [1.54, 1.807) is 6.07 Å². The fourth-order valence-electron chi connectivity index (χ4n) is 3.83. The highest BCUT2D eigenvalue weighted by atomic mass is 35.5. The number of phenols is 1. The van der Waals surface area contributed by atoms with E-state index in [4.69, 9.17) is 20.8 Å². The zero-order valence-corrected chi connectivity index (χ0v) is 17.9. The Morgan fingerprint density at radius 2 is 1.81 bits per heavy atom. The van der Waals surface area contributed by atoms with Crippen LogP contribution in [0.25, 0.3) is 11.0 Å². The van der Waals surface area contributed by atoms with Gasteiger partial charge in [-0.2, -0.15) is 13.2 Å². The molecule has 0 unspecified atom stereocenters. The van der Waals surface area contributed by atoms with Crippen molar-refractivity contribution in [2.75, 3.05) is 33.2 Å². The average Bonchev–Trinajstić information content (AvgIpc) is 2.74. The Kier molecular flexibility index (Phi) is 6.07. The third kappa shape index (κ3) is 4.41. The van der Waals surface area contributed by atoms with Crippen molar-refractivity contribution in [2.45, 2.75) is 12.7 Å². The van der Waals surface area contributed by atoms with Gasteiger partial charge >= 0.3 is 6.18 Å². The molecule has 1 aliphatic rings. The number of ether oxygens (including phenoxy) is 1. The predicted molar refractivity (Wildman–Crippen MR) is 112 cm³/mol. The summed E-state index contributed by atoms with van der Waals surface area (Å²) in [7, 11) is 2.07. The molecule has 2 heterocycles. The number of benzene rings is 2. The van der Waals surface area contributed by atoms with Gasteiger partial charge in [-0.25, -0.2) is 0 Å². The lowest BCUT2D eigenvalue weighted by atomic mass is 10.1. The Balaban J connectivity index is 1.86. The van der Waals surface area contributed by atoms with E-state index in [9.17, 15) is 23.1 Å². The standard InChI is InChI=1S/C22H20ClF3N2O4/c1-27-8-10-28(11-9-27)12-14-16(29)7-6-13-18(30)20(21(22(24,25)26)32-19(13)14)31-17-5-3-2-4-15(17)23/h2-7,29H,8-12H2,1H3/p+2. The quantitative estimate of drug-likeness (QED) is 0.545. The van der Waals surface area contributed by atoms with E-state index in [2.05, 4.69) is 7.05 Å². The van der Waals surface area contributed by atoms with Crippen molar-refractivity contribution >= 4 is 22.6 Å². The zero-order valence-electron chi connectivity index (χ0n) is 17.2. The summed E-state index contributed by atoms with van der Waals surface area (Å²) in [6.07, 6.45) is -5.00. The minimum atomic E-state index is -5.00. The van der Waals surface area contributed by atoms with Crippen LogP contribution in [0, 0.1) is 0 Å². The molecule has 3 N–H and O–H groups in total. The Bertz CT molecular complexity index is 1200. The Hall–Kier alpha value is -2.75. The Morgan fingerprint density at radius 1 is 1.12 bits per heavy atom. The fourth-order valence-corrected chi connectivity index (χ4v) is 4.01. The molecule has 2 aromatic carbocycles. The normalized spacial score (nSPS) is 19.3. The van der Waals surface area contributed by atoms with Crippen molar-refractivity contribution in [2.24, 2.45) is 0 Å². The molecule has 0 aliphatic carbocycles. The third-order valence-electron chi connectivity index (χ3n) is 5.64. The number of likely N-dealkylation sites (N-methyl/N-ethyl adjacent to an activating group) is 1. The largest absolute Gasteiger partial charge is 0.507 e. The van der Waals surface area contributed by atoms with E-state index in [1.807, 2.05) is 0 Å². The molecule has 1 aromatic heterocycles. The minimum absolute atomic E-state index is 0.0484. The summed E-state index contributed by atoms with van der Waals surface area (Å²) in [4.78, 5) is 15.5. The second kappa shape index (κ2) is 8.65. The molecule has 1 fully saturated rings. The van der Waals surface area contributed by atoms with Crippen LogP contribution in [0.5, 0.6) is 17.2 Å². The number of para-hydroxylation sites is 1. The highest BCUT2D eigenvalue weighted by Crippen LogP contribution is 2.40. The highest BCUT2D eigenvalue weighted by molar-refractivity contribution is 6.32. The van der Waals surface area contributed by atoms with Gasteiger partial charge < -0.3 is 24.1 Å². The highest BCUT2D eigenvalue weighted by Gasteiger charge is 2.41. The molecule has 0 spiro atoms. The number of fused-ring (bicyclic) bond motifs is 1. The van der Waals surface area contributed by atoms with Gasteiger partial charge in [0.05, 0.1) is 23.0 Å². The van der Waals surface area contributed by atoms with Crippen LogP contribution >= 0.6 is 11.6 Å². The predicted octanol–water partition coefficient (Wildman–Crippen LogP) is 1.88. The van der Waals surface area contributed by atoms with Crippen molar-refractivity contribution in [3.63, 3.8) is 0 Å². The molecular weight excluding hydrogens is 449 g/mol. The van der Waals surface area contributed by atoms with Gasteiger partial charge in [0.2, 0.25) is 11.2 Å². The van der Waals surface area contributed by atoms with Crippen LogP contribution in [0.15, 0.2) is 45.6 Å². The Labute approximate surface area is 186 Å². The van der Waals surface area contributed by atoms with E-state index in [-0.39, 0.29) is 39.6 Å². The van der Waals surface area contributed by atoms with Gasteiger partial charge in [-0.3, -0.25) is 4.79 Å². The summed E-state index contributed by atoms with van der Waals surface area (Å²) < 4.78 is 52.2. The smallest absolute Gasteiger partial charge is 0.453 e. The number of quaternary nitrogens is 2. The molecule has 0 saturated carbocycles. The van der Waals surface area contributed by atoms with Crippen molar-refractivity contribution < 1.29 is 37.2 Å². The first-order valence-electron chi connectivity index (χ1n) is 10.1. The van der Waals surface area contributed by atoms with Gasteiger partial charge in [0.15, 0.2) is 5.58 Å². The van der Waals surface area contributed by atoms with Crippen molar-refractivity contribution in [1.82, 2.24) is 0 Å². The van der Waals surface area contributed by atoms with Gasteiger partial charge in [0.25, 0.3) is 5.76 Å². The number of nitrogens with one attached hydrogen (secondary N) is 2. The average molecular weight is 471 g/mol. The van der Waals surface area contributed by atoms with Crippen molar-refractivity contribution in [3.05, 3.63) is 63.0 Å². The molecule has 4 rings (SSSR count). The number of piperazine rings is 1. The molecule has 0 bridgehead atoms. The maximum absolute atomic E-state index is 13.9. The lowest BCUT2D eigenvalue weighted by Gasteiger charge is -2.27. The van der Waals surface area contributed by atoms with E-state index in [1.165, 1.54) is 35.2 Å². The van der Waals surface area contributed by atoms with Gasteiger partial charge in [0.1, 0.15) is 44.2 Å². The molecule has 1 aliphatic heterocycles. The van der Waals surface area contributed by atoms with Crippen LogP contribution < -0.4 is 20.0 Å². The summed E-state index contributed by atoms with van der Waals surface area (Å²) >= 11 is 6.00. The topological polar surface area (TPSA) is 68.5 Å². The number of halogens is 4. The first-order valence-corrected chi connectivity index (χ1v) is 10.5. The second-order valence-electron chi connectivity index (χ2n) is 7.94. The van der Waals surface area contributed by atoms with E-state index >= 15 is 0 Å². The van der Waals surface area contributed by atoms with Crippen LogP contribution in [0.4, 0.5) is 13.2 Å². The van der Waals surface area contributed by atoms with E-state index < -0.39 is 23.1 Å². The lowest BCUT2D eigenvalue weighted by Crippen LogP contribution is -3.26. The van der Waals surface area contributed by atoms with Gasteiger partial charge in [-0.15, -0.1) is 0 Å². The SMILES string of the molecule is C[NH+]1CC[NH+](Cc2c(O)ccc3c(=O)c(Oc4ccccc4Cl)c(C(F)(F)F)oc23)CC1. The molecule has 32 heavy (non-hydrogen) atoms. The van der Waals surface area contributed by atoms with Crippen LogP contribution in [-0.2, 0) is 12.7 Å². The number of hydrogen-bond acceptors (Lipinski definition) is 4. The summed E-state index contributed by atoms with van der Waals surface area (Å²) in [5.41, 5.74) is -1.10. The number of hydrogen-bond donors (Lipinski definition) is 3. The number of alkyl halides is 3. The maximum atomic E-state index is 13.9. The zero-order chi connectivity index (χ0) is 23.0. The van der Waals surface area contributed by atoms with Gasteiger partial charge in [-0.1, -0.05) is 23.7 Å². The monoisotopic (exact) mass is 470 g/mol. The summed E-state index contributed by atoms with van der Waals surface area (Å²) in [6, 6.07) is 8.43. The van der Waals surface area contributed by atoms with Crippen LogP contribution in [0.3, 0.4) is 0 Å². The molecule has 0 amide bonds. The van der Waals surface area contributed by atoms with Crippen molar-refractivity contribution in [1.29, 1.82) is 0 Å². The van der Waals surface area contributed by atoms with Crippen LogP contribution in [0.2, 0.25) is 5.02 Å². The van der Waals surface area contributed by atoms with Gasteiger partial charge in [-0.05, 0) is 24.3 Å². The van der Waals surface area contributed by atoms with Crippen LogP contribution in [0.1, 0.15) is 11.3 Å².